The van der Waals surface area contributed by atoms with Crippen molar-refractivity contribution in [3.05, 3.63) is 28.2 Å². The molecule has 1 aliphatic rings. The molecule has 1 fully saturated rings. The van der Waals surface area contributed by atoms with Crippen molar-refractivity contribution in [3.8, 4) is 0 Å². The Morgan fingerprint density at radius 1 is 1.26 bits per heavy atom. The molecule has 1 heterocycles. The van der Waals surface area contributed by atoms with Crippen LogP contribution in [0, 0.1) is 5.41 Å². The van der Waals surface area contributed by atoms with Crippen LogP contribution >= 0.6 is 23.2 Å². The fourth-order valence-electron chi connectivity index (χ4n) is 1.97. The molecule has 19 heavy (non-hydrogen) atoms. The summed E-state index contributed by atoms with van der Waals surface area (Å²) in [4.78, 5) is 25.5. The van der Waals surface area contributed by atoms with Gasteiger partial charge in [0.1, 0.15) is 0 Å². The van der Waals surface area contributed by atoms with Gasteiger partial charge < -0.3 is 5.32 Å². The number of benzene rings is 1. The molecular formula is C13H14Cl2N2O2. The Hall–Kier alpha value is -1.26. The first-order valence-corrected chi connectivity index (χ1v) is 6.71. The van der Waals surface area contributed by atoms with Crippen LogP contribution in [0.1, 0.15) is 20.3 Å². The number of nitrogens with zero attached hydrogens (tertiary/aromatic N) is 1. The Kier molecular flexibility index (Phi) is 3.74. The van der Waals surface area contributed by atoms with Gasteiger partial charge in [-0.2, -0.15) is 0 Å². The predicted octanol–water partition coefficient (Wildman–Crippen LogP) is 3.47. The fourth-order valence-corrected chi connectivity index (χ4v) is 2.48. The highest BCUT2D eigenvalue weighted by molar-refractivity contribution is 6.35. The molecule has 0 aromatic heterocycles. The zero-order chi connectivity index (χ0) is 14.2. The van der Waals surface area contributed by atoms with Gasteiger partial charge in [0.05, 0.1) is 11.1 Å². The molecule has 6 heteroatoms. The number of anilines is 1. The van der Waals surface area contributed by atoms with Crippen LogP contribution in [-0.2, 0) is 4.79 Å². The van der Waals surface area contributed by atoms with Crippen molar-refractivity contribution in [1.82, 2.24) is 5.32 Å². The highest BCUT2D eigenvalue weighted by Crippen LogP contribution is 2.32. The summed E-state index contributed by atoms with van der Waals surface area (Å²) < 4.78 is 0. The first-order chi connectivity index (χ1) is 8.87. The number of amides is 3. The van der Waals surface area contributed by atoms with Gasteiger partial charge in [-0.25, -0.2) is 9.69 Å². The van der Waals surface area contributed by atoms with Gasteiger partial charge in [0.2, 0.25) is 5.91 Å². The van der Waals surface area contributed by atoms with E-state index in [4.69, 9.17) is 23.2 Å². The lowest BCUT2D eigenvalue weighted by Gasteiger charge is -2.38. The minimum Gasteiger partial charge on any atom is -0.336 e. The number of imide groups is 1. The third kappa shape index (κ3) is 2.55. The molecule has 0 bridgehead atoms. The van der Waals surface area contributed by atoms with E-state index in [2.05, 4.69) is 5.32 Å². The molecule has 2 rings (SSSR count). The van der Waals surface area contributed by atoms with Crippen LogP contribution in [0.2, 0.25) is 10.0 Å². The Bertz CT molecular complexity index is 527. The lowest BCUT2D eigenvalue weighted by Crippen LogP contribution is -2.59. The van der Waals surface area contributed by atoms with Crippen molar-refractivity contribution in [3.63, 3.8) is 0 Å². The van der Waals surface area contributed by atoms with E-state index in [1.165, 1.54) is 0 Å². The van der Waals surface area contributed by atoms with E-state index < -0.39 is 11.4 Å². The van der Waals surface area contributed by atoms with Crippen molar-refractivity contribution in [2.45, 2.75) is 20.3 Å². The average Bonchev–Trinajstić information content (AvgIpc) is 2.33. The summed E-state index contributed by atoms with van der Waals surface area (Å²) in [6.07, 6.45) is 0.636. The molecule has 4 nitrogen and oxygen atoms in total. The average molecular weight is 301 g/mol. The van der Waals surface area contributed by atoms with Crippen molar-refractivity contribution in [1.29, 1.82) is 0 Å². The Morgan fingerprint density at radius 2 is 1.84 bits per heavy atom. The topological polar surface area (TPSA) is 49.4 Å². The van der Waals surface area contributed by atoms with Gasteiger partial charge in [0.25, 0.3) is 0 Å². The van der Waals surface area contributed by atoms with Crippen molar-refractivity contribution < 1.29 is 9.59 Å². The number of hydrogen-bond acceptors (Lipinski definition) is 2. The van der Waals surface area contributed by atoms with Crippen molar-refractivity contribution in [2.24, 2.45) is 5.41 Å². The predicted molar refractivity (Wildman–Crippen MR) is 75.7 cm³/mol. The van der Waals surface area contributed by atoms with E-state index in [0.717, 1.165) is 4.90 Å². The number of hydrogen-bond donors (Lipinski definition) is 1. The maximum absolute atomic E-state index is 12.5. The molecule has 3 amide bonds. The Morgan fingerprint density at radius 3 is 2.37 bits per heavy atom. The van der Waals surface area contributed by atoms with Gasteiger partial charge in [-0.15, -0.1) is 0 Å². The van der Waals surface area contributed by atoms with E-state index >= 15 is 0 Å². The quantitative estimate of drug-likeness (QED) is 0.909. The number of carbonyl (C=O) groups excluding carboxylic acids is 2. The summed E-state index contributed by atoms with van der Waals surface area (Å²) >= 11 is 11.8. The summed E-state index contributed by atoms with van der Waals surface area (Å²) in [5.74, 6) is -0.239. The first kappa shape index (κ1) is 14.2. The van der Waals surface area contributed by atoms with Gasteiger partial charge in [0, 0.05) is 16.6 Å². The molecule has 1 N–H and O–H groups in total. The van der Waals surface area contributed by atoms with Crippen LogP contribution < -0.4 is 10.2 Å². The molecule has 102 valence electrons. The molecule has 1 aromatic rings. The van der Waals surface area contributed by atoms with E-state index in [9.17, 15) is 9.59 Å². The zero-order valence-corrected chi connectivity index (χ0v) is 12.2. The first-order valence-electron chi connectivity index (χ1n) is 5.96. The maximum Gasteiger partial charge on any atom is 0.328 e. The highest BCUT2D eigenvalue weighted by Gasteiger charge is 2.43. The standard InChI is InChI=1S/C13H14Cl2N2O2/c1-3-13(2)7-16-12(19)17(11(13)18)10-5-8(14)4-9(15)6-10/h4-6H,3,7H2,1-2H3,(H,16,19). The molecule has 0 saturated carbocycles. The minimum absolute atomic E-state index is 0.239. The largest absolute Gasteiger partial charge is 0.336 e. The second kappa shape index (κ2) is 5.02. The number of rotatable bonds is 2. The van der Waals surface area contributed by atoms with Gasteiger partial charge in [-0.1, -0.05) is 30.1 Å². The van der Waals surface area contributed by atoms with E-state index in [1.54, 1.807) is 18.2 Å². The minimum atomic E-state index is -0.608. The summed E-state index contributed by atoms with van der Waals surface area (Å²) in [6.45, 7) is 4.08. The molecule has 1 unspecified atom stereocenters. The lowest BCUT2D eigenvalue weighted by atomic mass is 9.84. The second-order valence-corrected chi connectivity index (χ2v) is 5.71. The van der Waals surface area contributed by atoms with Crippen LogP contribution in [-0.4, -0.2) is 18.5 Å². The van der Waals surface area contributed by atoms with E-state index in [0.29, 0.717) is 28.7 Å². The van der Waals surface area contributed by atoms with Crippen molar-refractivity contribution in [2.75, 3.05) is 11.4 Å². The third-order valence-electron chi connectivity index (χ3n) is 3.44. The third-order valence-corrected chi connectivity index (χ3v) is 3.87. The van der Waals surface area contributed by atoms with Gasteiger partial charge in [-0.3, -0.25) is 4.79 Å². The number of carbonyl (C=O) groups is 2. The molecule has 1 aromatic carbocycles. The molecular weight excluding hydrogens is 287 g/mol. The molecule has 0 spiro atoms. The summed E-state index contributed by atoms with van der Waals surface area (Å²) in [6, 6.07) is 4.20. The smallest absolute Gasteiger partial charge is 0.328 e. The van der Waals surface area contributed by atoms with E-state index in [-0.39, 0.29) is 5.91 Å². The molecule has 0 radical (unpaired) electrons. The SMILES string of the molecule is CCC1(C)CNC(=O)N(c2cc(Cl)cc(Cl)c2)C1=O. The number of halogens is 2. The lowest BCUT2D eigenvalue weighted by molar-refractivity contribution is -0.127. The fraction of sp³-hybridized carbons (Fsp3) is 0.385. The van der Waals surface area contributed by atoms with Crippen LogP contribution in [0.5, 0.6) is 0 Å². The van der Waals surface area contributed by atoms with Gasteiger partial charge in [-0.05, 0) is 31.5 Å². The zero-order valence-electron chi connectivity index (χ0n) is 10.7. The summed E-state index contributed by atoms with van der Waals surface area (Å²) in [5, 5.41) is 3.48. The van der Waals surface area contributed by atoms with Crippen LogP contribution in [0.4, 0.5) is 10.5 Å². The molecule has 1 saturated heterocycles. The Balaban J connectivity index is 2.46. The second-order valence-electron chi connectivity index (χ2n) is 4.84. The molecule has 1 atom stereocenters. The highest BCUT2D eigenvalue weighted by atomic mass is 35.5. The molecule has 1 aliphatic heterocycles. The van der Waals surface area contributed by atoms with Crippen molar-refractivity contribution >= 4 is 40.8 Å². The summed E-state index contributed by atoms with van der Waals surface area (Å²) in [5.41, 5.74) is -0.220. The molecule has 0 aliphatic carbocycles. The monoisotopic (exact) mass is 300 g/mol. The summed E-state index contributed by atoms with van der Waals surface area (Å²) in [7, 11) is 0. The maximum atomic E-state index is 12.5. The van der Waals surface area contributed by atoms with E-state index in [1.807, 2.05) is 13.8 Å². The van der Waals surface area contributed by atoms with Gasteiger partial charge >= 0.3 is 6.03 Å². The van der Waals surface area contributed by atoms with Crippen LogP contribution in [0.3, 0.4) is 0 Å². The Labute approximate surface area is 121 Å². The number of urea groups is 1. The van der Waals surface area contributed by atoms with Gasteiger partial charge in [0.15, 0.2) is 0 Å². The van der Waals surface area contributed by atoms with Crippen LogP contribution in [0.25, 0.3) is 0 Å². The normalized spacial score (nSPS) is 23.5. The number of nitrogens with one attached hydrogen (secondary N) is 1. The van der Waals surface area contributed by atoms with Crippen LogP contribution in [0.15, 0.2) is 18.2 Å².